The van der Waals surface area contributed by atoms with Gasteiger partial charge >= 0.3 is 5.88 Å². The van der Waals surface area contributed by atoms with Gasteiger partial charge in [0.1, 0.15) is 10.6 Å². The van der Waals surface area contributed by atoms with Gasteiger partial charge in [0.25, 0.3) is 0 Å². The molecule has 0 spiro atoms. The molecule has 0 aliphatic carbocycles. The average Bonchev–Trinajstić information content (AvgIpc) is 2.95. The first-order chi connectivity index (χ1) is 8.25. The highest BCUT2D eigenvalue weighted by Crippen LogP contribution is 2.25. The zero-order chi connectivity index (χ0) is 11.8. The molecule has 0 radical (unpaired) electrons. The number of nitrogens with zero attached hydrogens (tertiary/aromatic N) is 4. The lowest BCUT2D eigenvalue weighted by Gasteiger charge is -1.95. The molecule has 0 bridgehead atoms. The van der Waals surface area contributed by atoms with Crippen molar-refractivity contribution in [2.45, 2.75) is 0 Å². The Balaban J connectivity index is 2.17. The molecule has 0 amide bonds. The van der Waals surface area contributed by atoms with E-state index >= 15 is 0 Å². The first kappa shape index (κ1) is 9.52. The third kappa shape index (κ3) is 1.44. The lowest BCUT2D eigenvalue weighted by atomic mass is 10.3. The van der Waals surface area contributed by atoms with Crippen molar-refractivity contribution < 1.29 is 9.34 Å². The van der Waals surface area contributed by atoms with Gasteiger partial charge in [-0.15, -0.1) is 0 Å². The Bertz CT molecular complexity index is 700. The van der Waals surface area contributed by atoms with E-state index in [1.807, 2.05) is 0 Å². The van der Waals surface area contributed by atoms with E-state index in [0.29, 0.717) is 17.2 Å². The van der Waals surface area contributed by atoms with E-state index in [9.17, 15) is 10.1 Å². The molecule has 3 aromatic heterocycles. The Morgan fingerprint density at radius 1 is 1.35 bits per heavy atom. The summed E-state index contributed by atoms with van der Waals surface area (Å²) < 4.78 is 6.81. The second-order valence-electron chi connectivity index (χ2n) is 3.33. The molecule has 0 aliphatic heterocycles. The highest BCUT2D eigenvalue weighted by atomic mass is 16.6. The molecule has 3 heterocycles. The van der Waals surface area contributed by atoms with Gasteiger partial charge in [0.2, 0.25) is 5.78 Å². The van der Waals surface area contributed by atoms with Crippen molar-refractivity contribution in [2.75, 3.05) is 0 Å². The second kappa shape index (κ2) is 3.41. The summed E-state index contributed by atoms with van der Waals surface area (Å²) in [7, 11) is 0. The predicted octanol–water partition coefficient (Wildman–Crippen LogP) is 1.90. The molecule has 7 heteroatoms. The van der Waals surface area contributed by atoms with Gasteiger partial charge in [0.05, 0.1) is 12.3 Å². The Morgan fingerprint density at radius 3 is 3.00 bits per heavy atom. The van der Waals surface area contributed by atoms with Gasteiger partial charge < -0.3 is 4.42 Å². The van der Waals surface area contributed by atoms with Crippen molar-refractivity contribution in [1.29, 1.82) is 0 Å². The van der Waals surface area contributed by atoms with Crippen LogP contribution in [0.5, 0.6) is 0 Å². The third-order valence-electron chi connectivity index (χ3n) is 2.31. The summed E-state index contributed by atoms with van der Waals surface area (Å²) >= 11 is 0. The van der Waals surface area contributed by atoms with Crippen LogP contribution in [-0.4, -0.2) is 19.3 Å². The summed E-state index contributed by atoms with van der Waals surface area (Å²) in [5.74, 6) is 0.609. The Hall–Kier alpha value is -2.70. The van der Waals surface area contributed by atoms with Crippen LogP contribution in [0.3, 0.4) is 0 Å². The number of rotatable bonds is 2. The van der Waals surface area contributed by atoms with Crippen LogP contribution in [0.25, 0.3) is 17.2 Å². The third-order valence-corrected chi connectivity index (χ3v) is 2.31. The van der Waals surface area contributed by atoms with E-state index in [2.05, 4.69) is 9.97 Å². The number of aromatic nitrogens is 3. The lowest BCUT2D eigenvalue weighted by molar-refractivity contribution is -0.401. The number of hydrogen-bond donors (Lipinski definition) is 0. The molecular formula is C10H6N4O3. The van der Waals surface area contributed by atoms with E-state index in [1.54, 1.807) is 29.1 Å². The average molecular weight is 230 g/mol. The molecular weight excluding hydrogens is 224 g/mol. The van der Waals surface area contributed by atoms with Crippen LogP contribution in [0.15, 0.2) is 41.2 Å². The zero-order valence-corrected chi connectivity index (χ0v) is 8.48. The zero-order valence-electron chi connectivity index (χ0n) is 8.48. The monoisotopic (exact) mass is 230 g/mol. The summed E-state index contributed by atoms with van der Waals surface area (Å²) in [4.78, 5) is 18.1. The number of furan rings is 1. The molecule has 0 aliphatic rings. The Labute approximate surface area is 94.5 Å². The van der Waals surface area contributed by atoms with Crippen LogP contribution in [0, 0.1) is 10.1 Å². The minimum absolute atomic E-state index is 0.293. The molecule has 0 saturated carbocycles. The Morgan fingerprint density at radius 2 is 2.24 bits per heavy atom. The van der Waals surface area contributed by atoms with Gasteiger partial charge in [-0.3, -0.25) is 14.5 Å². The maximum atomic E-state index is 10.5. The fourth-order valence-electron chi connectivity index (χ4n) is 1.57. The molecule has 0 unspecified atom stereocenters. The summed E-state index contributed by atoms with van der Waals surface area (Å²) in [5, 5.41) is 10.5. The van der Waals surface area contributed by atoms with Crippen molar-refractivity contribution in [1.82, 2.24) is 14.4 Å². The van der Waals surface area contributed by atoms with E-state index < -0.39 is 4.92 Å². The fraction of sp³-hybridized carbons (Fsp3) is 0. The molecule has 0 N–H and O–H groups in total. The molecule has 0 saturated heterocycles. The molecule has 17 heavy (non-hydrogen) atoms. The van der Waals surface area contributed by atoms with Crippen LogP contribution in [-0.2, 0) is 0 Å². The van der Waals surface area contributed by atoms with Gasteiger partial charge in [0, 0.05) is 12.4 Å². The van der Waals surface area contributed by atoms with E-state index in [1.165, 1.54) is 12.1 Å². The maximum Gasteiger partial charge on any atom is 0.433 e. The lowest BCUT2D eigenvalue weighted by Crippen LogP contribution is -1.88. The van der Waals surface area contributed by atoms with Gasteiger partial charge in [0.15, 0.2) is 5.76 Å². The SMILES string of the molecule is O=[N+]([O-])c1ccc(-c2cnc3ncccn23)o1. The molecule has 84 valence electrons. The minimum Gasteiger partial charge on any atom is -0.399 e. The van der Waals surface area contributed by atoms with Gasteiger partial charge in [-0.05, 0) is 12.1 Å². The highest BCUT2D eigenvalue weighted by Gasteiger charge is 2.15. The predicted molar refractivity (Wildman–Crippen MR) is 57.3 cm³/mol. The van der Waals surface area contributed by atoms with Crippen molar-refractivity contribution >= 4 is 11.7 Å². The van der Waals surface area contributed by atoms with Crippen LogP contribution < -0.4 is 0 Å². The molecule has 7 nitrogen and oxygen atoms in total. The largest absolute Gasteiger partial charge is 0.433 e. The van der Waals surface area contributed by atoms with Crippen molar-refractivity contribution in [3.63, 3.8) is 0 Å². The van der Waals surface area contributed by atoms with Crippen LogP contribution >= 0.6 is 0 Å². The standard InChI is InChI=1S/C10H6N4O3/c15-14(16)9-3-2-8(17-9)7-6-12-10-11-4-1-5-13(7)10/h1-6H. The molecule has 3 rings (SSSR count). The summed E-state index contributed by atoms with van der Waals surface area (Å²) in [6.07, 6.45) is 4.95. The fourth-order valence-corrected chi connectivity index (χ4v) is 1.57. The van der Waals surface area contributed by atoms with E-state index in [4.69, 9.17) is 4.42 Å². The summed E-state index contributed by atoms with van der Waals surface area (Å²) in [6, 6.07) is 4.59. The molecule has 0 atom stereocenters. The van der Waals surface area contributed by atoms with Gasteiger partial charge in [-0.1, -0.05) is 0 Å². The van der Waals surface area contributed by atoms with Crippen LogP contribution in [0.2, 0.25) is 0 Å². The minimum atomic E-state index is -0.578. The highest BCUT2D eigenvalue weighted by molar-refractivity contribution is 5.57. The van der Waals surface area contributed by atoms with Crippen molar-refractivity contribution in [2.24, 2.45) is 0 Å². The molecule has 0 fully saturated rings. The second-order valence-corrected chi connectivity index (χ2v) is 3.33. The van der Waals surface area contributed by atoms with Gasteiger partial charge in [-0.2, -0.15) is 0 Å². The number of imidazole rings is 1. The van der Waals surface area contributed by atoms with Crippen LogP contribution in [0.1, 0.15) is 0 Å². The summed E-state index contributed by atoms with van der Waals surface area (Å²) in [5.41, 5.74) is 0.626. The smallest absolute Gasteiger partial charge is 0.399 e. The van der Waals surface area contributed by atoms with Crippen molar-refractivity contribution in [3.8, 4) is 11.5 Å². The number of fused-ring (bicyclic) bond motifs is 1. The summed E-state index contributed by atoms with van der Waals surface area (Å²) in [6.45, 7) is 0. The number of nitro groups is 1. The van der Waals surface area contributed by atoms with Gasteiger partial charge in [-0.25, -0.2) is 9.97 Å². The maximum absolute atomic E-state index is 10.5. The first-order valence-electron chi connectivity index (χ1n) is 4.78. The van der Waals surface area contributed by atoms with E-state index in [0.717, 1.165) is 0 Å². The molecule has 3 aromatic rings. The Kier molecular flexibility index (Phi) is 1.91. The van der Waals surface area contributed by atoms with E-state index in [-0.39, 0.29) is 5.88 Å². The normalized spacial score (nSPS) is 10.8. The topological polar surface area (TPSA) is 86.5 Å². The first-order valence-corrected chi connectivity index (χ1v) is 4.78. The van der Waals surface area contributed by atoms with Crippen molar-refractivity contribution in [3.05, 3.63) is 46.9 Å². The quantitative estimate of drug-likeness (QED) is 0.495. The molecule has 0 aromatic carbocycles. The van der Waals surface area contributed by atoms with Crippen LogP contribution in [0.4, 0.5) is 5.88 Å². The number of hydrogen-bond acceptors (Lipinski definition) is 5.